The molecule has 1 fully saturated rings. The number of anilines is 1. The van der Waals surface area contributed by atoms with Crippen LogP contribution in [0.1, 0.15) is 33.6 Å². The Bertz CT molecular complexity index is 428. The number of ether oxygens (including phenoxy) is 1. The number of benzene rings is 1. The molecule has 1 heterocycles. The maximum atomic E-state index is 6.22. The van der Waals surface area contributed by atoms with Crippen molar-refractivity contribution >= 4 is 17.3 Å². The van der Waals surface area contributed by atoms with Crippen molar-refractivity contribution in [3.63, 3.8) is 0 Å². The van der Waals surface area contributed by atoms with Crippen LogP contribution in [-0.4, -0.2) is 36.7 Å². The molecule has 1 aromatic carbocycles. The van der Waals surface area contributed by atoms with E-state index in [-0.39, 0.29) is 0 Å². The van der Waals surface area contributed by atoms with E-state index in [1.807, 2.05) is 25.1 Å². The molecule has 1 aliphatic heterocycles. The summed E-state index contributed by atoms with van der Waals surface area (Å²) in [5, 5.41) is 4.26. The predicted octanol–water partition coefficient (Wildman–Crippen LogP) is 4.02. The Labute approximate surface area is 127 Å². The lowest BCUT2D eigenvalue weighted by Gasteiger charge is -2.35. The highest BCUT2D eigenvalue weighted by molar-refractivity contribution is 6.32. The van der Waals surface area contributed by atoms with E-state index >= 15 is 0 Å². The average Bonchev–Trinajstić information content (AvgIpc) is 2.42. The second kappa shape index (κ2) is 7.19. The minimum absolute atomic E-state index is 0.541. The summed E-state index contributed by atoms with van der Waals surface area (Å²) in [5.41, 5.74) is 1.08. The average molecular weight is 297 g/mol. The van der Waals surface area contributed by atoms with E-state index in [2.05, 4.69) is 24.1 Å². The molecule has 2 rings (SSSR count). The van der Waals surface area contributed by atoms with Gasteiger partial charge in [0.05, 0.1) is 11.6 Å². The molecule has 112 valence electrons. The largest absolute Gasteiger partial charge is 0.492 e. The van der Waals surface area contributed by atoms with Crippen molar-refractivity contribution < 1.29 is 4.74 Å². The number of nitrogens with one attached hydrogen (secondary N) is 1. The second-order valence-electron chi connectivity index (χ2n) is 5.63. The monoisotopic (exact) mass is 296 g/mol. The van der Waals surface area contributed by atoms with Gasteiger partial charge in [0.2, 0.25) is 0 Å². The summed E-state index contributed by atoms with van der Waals surface area (Å²) in [5.74, 6) is 0.759. The van der Waals surface area contributed by atoms with Gasteiger partial charge in [-0.3, -0.25) is 0 Å². The molecule has 4 heteroatoms. The Morgan fingerprint density at radius 2 is 2.05 bits per heavy atom. The maximum absolute atomic E-state index is 6.22. The van der Waals surface area contributed by atoms with Gasteiger partial charge in [-0.25, -0.2) is 0 Å². The number of hydrogen-bond acceptors (Lipinski definition) is 3. The lowest BCUT2D eigenvalue weighted by Crippen LogP contribution is -2.42. The Kier molecular flexibility index (Phi) is 5.55. The Balaban J connectivity index is 1.90. The van der Waals surface area contributed by atoms with Gasteiger partial charge in [0.15, 0.2) is 0 Å². The molecule has 0 aromatic heterocycles. The van der Waals surface area contributed by atoms with Crippen LogP contribution >= 0.6 is 11.6 Å². The van der Waals surface area contributed by atoms with Gasteiger partial charge in [-0.05, 0) is 51.8 Å². The molecule has 0 atom stereocenters. The third-order valence-corrected chi connectivity index (χ3v) is 4.16. The van der Waals surface area contributed by atoms with Crippen molar-refractivity contribution in [3.05, 3.63) is 23.2 Å². The van der Waals surface area contributed by atoms with Crippen LogP contribution in [0.5, 0.6) is 5.75 Å². The third kappa shape index (κ3) is 4.03. The molecular formula is C16H25ClN2O. The molecule has 0 unspecified atom stereocenters. The van der Waals surface area contributed by atoms with Crippen LogP contribution in [0.2, 0.25) is 5.02 Å². The van der Waals surface area contributed by atoms with E-state index in [1.54, 1.807) is 0 Å². The molecule has 0 bridgehead atoms. The molecule has 0 radical (unpaired) electrons. The molecular weight excluding hydrogens is 272 g/mol. The highest BCUT2D eigenvalue weighted by Gasteiger charge is 2.20. The van der Waals surface area contributed by atoms with Crippen molar-refractivity contribution in [2.24, 2.45) is 0 Å². The Morgan fingerprint density at radius 3 is 2.60 bits per heavy atom. The minimum Gasteiger partial charge on any atom is -0.492 e. The number of hydrogen-bond donors (Lipinski definition) is 1. The van der Waals surface area contributed by atoms with Crippen LogP contribution in [-0.2, 0) is 0 Å². The highest BCUT2D eigenvalue weighted by Crippen LogP contribution is 2.28. The maximum Gasteiger partial charge on any atom is 0.138 e. The first kappa shape index (κ1) is 15.5. The number of halogens is 1. The normalized spacial score (nSPS) is 17.4. The molecule has 20 heavy (non-hydrogen) atoms. The highest BCUT2D eigenvalue weighted by atomic mass is 35.5. The summed E-state index contributed by atoms with van der Waals surface area (Å²) >= 11 is 6.22. The van der Waals surface area contributed by atoms with Crippen LogP contribution in [0.15, 0.2) is 18.2 Å². The zero-order valence-electron chi connectivity index (χ0n) is 12.7. The first-order valence-corrected chi connectivity index (χ1v) is 7.91. The fourth-order valence-corrected chi connectivity index (χ4v) is 2.89. The summed E-state index contributed by atoms with van der Waals surface area (Å²) < 4.78 is 5.46. The summed E-state index contributed by atoms with van der Waals surface area (Å²) in [6, 6.07) is 7.14. The first-order chi connectivity index (χ1) is 9.60. The van der Waals surface area contributed by atoms with Gasteiger partial charge in [0.25, 0.3) is 0 Å². The number of nitrogens with zero attached hydrogens (tertiary/aromatic N) is 1. The molecule has 1 aliphatic rings. The number of piperidine rings is 1. The lowest BCUT2D eigenvalue weighted by molar-refractivity contribution is 0.177. The predicted molar refractivity (Wildman–Crippen MR) is 86.0 cm³/mol. The molecule has 0 spiro atoms. The van der Waals surface area contributed by atoms with Gasteiger partial charge >= 0.3 is 0 Å². The molecule has 0 aliphatic carbocycles. The quantitative estimate of drug-likeness (QED) is 0.888. The summed E-state index contributed by atoms with van der Waals surface area (Å²) in [7, 11) is 0. The van der Waals surface area contributed by atoms with Gasteiger partial charge < -0.3 is 15.0 Å². The summed E-state index contributed by atoms with van der Waals surface area (Å²) in [4.78, 5) is 2.53. The molecule has 1 aromatic rings. The molecule has 1 N–H and O–H groups in total. The molecule has 1 saturated heterocycles. The van der Waals surface area contributed by atoms with E-state index in [9.17, 15) is 0 Å². The van der Waals surface area contributed by atoms with E-state index in [4.69, 9.17) is 16.3 Å². The van der Waals surface area contributed by atoms with Crippen LogP contribution < -0.4 is 10.1 Å². The van der Waals surface area contributed by atoms with E-state index in [0.29, 0.717) is 23.7 Å². The van der Waals surface area contributed by atoms with Gasteiger partial charge in [-0.2, -0.15) is 0 Å². The summed E-state index contributed by atoms with van der Waals surface area (Å²) in [6.07, 6.45) is 2.37. The fourth-order valence-electron chi connectivity index (χ4n) is 2.66. The Morgan fingerprint density at radius 1 is 1.35 bits per heavy atom. The van der Waals surface area contributed by atoms with Crippen molar-refractivity contribution in [3.8, 4) is 5.75 Å². The van der Waals surface area contributed by atoms with Crippen LogP contribution in [0.4, 0.5) is 5.69 Å². The van der Waals surface area contributed by atoms with Gasteiger partial charge in [0.1, 0.15) is 5.75 Å². The minimum atomic E-state index is 0.541. The van der Waals surface area contributed by atoms with Crippen molar-refractivity contribution in [2.75, 3.05) is 25.0 Å². The van der Waals surface area contributed by atoms with Crippen LogP contribution in [0.25, 0.3) is 0 Å². The second-order valence-corrected chi connectivity index (χ2v) is 6.03. The van der Waals surface area contributed by atoms with Gasteiger partial charge in [-0.15, -0.1) is 0 Å². The van der Waals surface area contributed by atoms with Crippen LogP contribution in [0.3, 0.4) is 0 Å². The van der Waals surface area contributed by atoms with E-state index in [1.165, 1.54) is 25.9 Å². The van der Waals surface area contributed by atoms with Gasteiger partial charge in [0, 0.05) is 30.9 Å². The third-order valence-electron chi connectivity index (χ3n) is 3.86. The van der Waals surface area contributed by atoms with E-state index < -0.39 is 0 Å². The van der Waals surface area contributed by atoms with Crippen molar-refractivity contribution in [1.82, 2.24) is 4.90 Å². The number of rotatable bonds is 5. The van der Waals surface area contributed by atoms with E-state index in [0.717, 1.165) is 11.4 Å². The molecule has 0 amide bonds. The summed E-state index contributed by atoms with van der Waals surface area (Å²) in [6.45, 7) is 9.46. The van der Waals surface area contributed by atoms with Crippen molar-refractivity contribution in [2.45, 2.75) is 45.7 Å². The lowest BCUT2D eigenvalue weighted by atomic mass is 10.0. The number of likely N-dealkylation sites (tertiary alicyclic amines) is 1. The van der Waals surface area contributed by atoms with Gasteiger partial charge in [-0.1, -0.05) is 11.6 Å². The fraction of sp³-hybridized carbons (Fsp3) is 0.625. The topological polar surface area (TPSA) is 24.5 Å². The zero-order chi connectivity index (χ0) is 14.5. The Hall–Kier alpha value is -0.930. The SMILES string of the molecule is CCOc1ccc(NC2CCN(C(C)C)CC2)cc1Cl. The molecule has 3 nitrogen and oxygen atoms in total. The van der Waals surface area contributed by atoms with Crippen molar-refractivity contribution in [1.29, 1.82) is 0 Å². The molecule has 0 saturated carbocycles. The van der Waals surface area contributed by atoms with Crippen LogP contribution in [0, 0.1) is 0 Å². The zero-order valence-corrected chi connectivity index (χ0v) is 13.4. The first-order valence-electron chi connectivity index (χ1n) is 7.53. The smallest absolute Gasteiger partial charge is 0.138 e. The standard InChI is InChI=1S/C16H25ClN2O/c1-4-20-16-6-5-14(11-15(16)17)18-13-7-9-19(10-8-13)12(2)3/h5-6,11-13,18H,4,7-10H2,1-3H3.